The summed E-state index contributed by atoms with van der Waals surface area (Å²) in [6.07, 6.45) is 9.55. The van der Waals surface area contributed by atoms with Crippen molar-refractivity contribution in [3.63, 3.8) is 0 Å². The van der Waals surface area contributed by atoms with E-state index in [2.05, 4.69) is 54.5 Å². The van der Waals surface area contributed by atoms with Gasteiger partial charge in [0.05, 0.1) is 17.6 Å². The zero-order chi connectivity index (χ0) is 30.5. The van der Waals surface area contributed by atoms with E-state index in [9.17, 15) is 19.4 Å². The number of hydrogen-bond acceptors (Lipinski definition) is 4. The van der Waals surface area contributed by atoms with Gasteiger partial charge in [-0.1, -0.05) is 72.2 Å². The second kappa shape index (κ2) is 9.64. The van der Waals surface area contributed by atoms with E-state index in [4.69, 9.17) is 4.74 Å². The number of carbonyl (C=O) groups is 1. The summed E-state index contributed by atoms with van der Waals surface area (Å²) >= 11 is 0. The number of esters is 1. The molecule has 6 rings (SSSR count). The number of aliphatic hydroxyl groups is 2. The number of benzene rings is 1. The molecule has 5 aliphatic rings. The van der Waals surface area contributed by atoms with E-state index in [1.54, 1.807) is 12.1 Å². The predicted molar refractivity (Wildman–Crippen MR) is 163 cm³/mol. The molecule has 5 heteroatoms. The van der Waals surface area contributed by atoms with Gasteiger partial charge in [-0.05, 0) is 120 Å². The second-order valence-corrected chi connectivity index (χ2v) is 17.1. The van der Waals surface area contributed by atoms with Crippen molar-refractivity contribution < 1.29 is 24.1 Å². The number of allylic oxidation sites excluding steroid dienone is 2. The number of hydrogen-bond donors (Lipinski definition) is 2. The van der Waals surface area contributed by atoms with Crippen LogP contribution in [0.25, 0.3) is 0 Å². The molecule has 0 aromatic heterocycles. The Hall–Kier alpha value is -1.72. The largest absolute Gasteiger partial charge is 0.460 e. The van der Waals surface area contributed by atoms with Crippen LogP contribution in [0.1, 0.15) is 112 Å². The molecule has 0 amide bonds. The molecule has 2 N–H and O–H groups in total. The van der Waals surface area contributed by atoms with Crippen LogP contribution in [-0.2, 0) is 16.1 Å². The van der Waals surface area contributed by atoms with Gasteiger partial charge in [-0.15, -0.1) is 0 Å². The number of ether oxygens (including phenoxy) is 1. The highest BCUT2D eigenvalue weighted by Gasteiger charge is 2.70. The van der Waals surface area contributed by atoms with Crippen LogP contribution in [0, 0.1) is 56.1 Å². The van der Waals surface area contributed by atoms with Crippen molar-refractivity contribution in [1.29, 1.82) is 0 Å². The summed E-state index contributed by atoms with van der Waals surface area (Å²) in [4.78, 5) is 14.1. The average molecular weight is 581 g/mol. The van der Waals surface area contributed by atoms with Gasteiger partial charge in [0.25, 0.3) is 0 Å². The molecular weight excluding hydrogens is 527 g/mol. The van der Waals surface area contributed by atoms with Gasteiger partial charge in [0, 0.05) is 0 Å². The molecule has 4 nitrogen and oxygen atoms in total. The van der Waals surface area contributed by atoms with Crippen LogP contribution in [0.5, 0.6) is 0 Å². The average Bonchev–Trinajstić information content (AvgIpc) is 2.91. The zero-order valence-electron chi connectivity index (χ0n) is 26.9. The molecule has 4 fully saturated rings. The third kappa shape index (κ3) is 4.15. The first-order valence-electron chi connectivity index (χ1n) is 16.5. The summed E-state index contributed by atoms with van der Waals surface area (Å²) in [5, 5.41) is 22.1. The van der Waals surface area contributed by atoms with E-state index >= 15 is 0 Å². The fourth-order valence-electron chi connectivity index (χ4n) is 11.6. The van der Waals surface area contributed by atoms with Gasteiger partial charge in [0.15, 0.2) is 0 Å². The van der Waals surface area contributed by atoms with Gasteiger partial charge in [-0.2, -0.15) is 0 Å². The summed E-state index contributed by atoms with van der Waals surface area (Å²) in [6, 6.07) is 6.24. The van der Waals surface area contributed by atoms with Crippen molar-refractivity contribution >= 4 is 5.97 Å². The van der Waals surface area contributed by atoms with E-state index in [-0.39, 0.29) is 51.4 Å². The molecule has 0 unspecified atom stereocenters. The Morgan fingerprint density at radius 2 is 1.57 bits per heavy atom. The first-order chi connectivity index (χ1) is 19.5. The topological polar surface area (TPSA) is 66.8 Å². The van der Waals surface area contributed by atoms with E-state index in [1.165, 1.54) is 17.7 Å². The summed E-state index contributed by atoms with van der Waals surface area (Å²) in [5.74, 6) is 0.557. The smallest absolute Gasteiger partial charge is 0.313 e. The second-order valence-electron chi connectivity index (χ2n) is 17.1. The molecule has 0 spiro atoms. The Balaban J connectivity index is 1.36. The summed E-state index contributed by atoms with van der Waals surface area (Å²) in [6.45, 7) is 16.6. The van der Waals surface area contributed by atoms with Crippen molar-refractivity contribution in [3.05, 3.63) is 47.3 Å². The van der Waals surface area contributed by atoms with Crippen LogP contribution in [0.3, 0.4) is 0 Å². The Kier molecular flexibility index (Phi) is 6.96. The highest BCUT2D eigenvalue weighted by atomic mass is 19.1. The molecule has 4 saturated carbocycles. The minimum Gasteiger partial charge on any atom is -0.460 e. The first kappa shape index (κ1) is 30.3. The van der Waals surface area contributed by atoms with Crippen molar-refractivity contribution in [2.45, 2.75) is 125 Å². The maximum Gasteiger partial charge on any atom is 0.313 e. The number of aliphatic hydroxyl groups excluding tert-OH is 2. The fourth-order valence-corrected chi connectivity index (χ4v) is 11.6. The van der Waals surface area contributed by atoms with Crippen LogP contribution in [0.4, 0.5) is 4.39 Å². The third-order valence-corrected chi connectivity index (χ3v) is 14.3. The minimum atomic E-state index is -0.698. The molecule has 9 atom stereocenters. The highest BCUT2D eigenvalue weighted by Crippen LogP contribution is 2.75. The lowest BCUT2D eigenvalue weighted by atomic mass is 9.33. The number of carbonyl (C=O) groups excluding carboxylic acids is 1. The lowest BCUT2D eigenvalue weighted by molar-refractivity contribution is -0.232. The van der Waals surface area contributed by atoms with E-state index in [0.717, 1.165) is 56.9 Å². The highest BCUT2D eigenvalue weighted by molar-refractivity contribution is 5.79. The molecule has 0 bridgehead atoms. The van der Waals surface area contributed by atoms with E-state index in [1.807, 2.05) is 0 Å². The predicted octanol–water partition coefficient (Wildman–Crippen LogP) is 8.00. The number of halogens is 1. The van der Waals surface area contributed by atoms with Gasteiger partial charge < -0.3 is 14.9 Å². The lowest BCUT2D eigenvalue weighted by Gasteiger charge is -2.71. The maximum absolute atomic E-state index is 14.1. The quantitative estimate of drug-likeness (QED) is 0.281. The van der Waals surface area contributed by atoms with Crippen molar-refractivity contribution in [2.75, 3.05) is 0 Å². The maximum atomic E-state index is 14.1. The van der Waals surface area contributed by atoms with Crippen molar-refractivity contribution in [2.24, 2.45) is 50.2 Å². The van der Waals surface area contributed by atoms with Gasteiger partial charge in [0.1, 0.15) is 12.4 Å². The lowest BCUT2D eigenvalue weighted by Crippen LogP contribution is -2.67. The molecule has 232 valence electrons. The molecule has 5 aliphatic carbocycles. The molecule has 0 saturated heterocycles. The summed E-state index contributed by atoms with van der Waals surface area (Å²) in [5.41, 5.74) is 1.56. The summed E-state index contributed by atoms with van der Waals surface area (Å²) < 4.78 is 19.5. The van der Waals surface area contributed by atoms with Gasteiger partial charge in [-0.3, -0.25) is 4.79 Å². The number of rotatable bonds is 3. The van der Waals surface area contributed by atoms with Crippen molar-refractivity contribution in [1.82, 2.24) is 0 Å². The molecular formula is C37H53FO4. The van der Waals surface area contributed by atoms with Crippen LogP contribution >= 0.6 is 0 Å². The number of fused-ring (bicyclic) bond motifs is 7. The normalized spacial score (nSPS) is 45.4. The first-order valence-corrected chi connectivity index (χ1v) is 16.5. The third-order valence-electron chi connectivity index (χ3n) is 14.3. The van der Waals surface area contributed by atoms with Gasteiger partial charge >= 0.3 is 5.97 Å². The van der Waals surface area contributed by atoms with Crippen LogP contribution < -0.4 is 0 Å². The van der Waals surface area contributed by atoms with E-state index < -0.39 is 17.6 Å². The van der Waals surface area contributed by atoms with Gasteiger partial charge in [0.2, 0.25) is 0 Å². The standard InChI is InChI=1S/C37H53FO4/c1-32(2)16-18-37(31(41)42-22-23-8-10-24(38)11-9-23)19-17-35(6)25(26(37)20-32)12-13-29-34(5)21-27(39)30(40)33(3,4)28(34)14-15-36(29,35)7/h8-12,26-30,39-40H,13-22H2,1-7H3/t26-,27+,28-,29+,30-,34-,35+,36+,37-/m0/s1. The van der Waals surface area contributed by atoms with Gasteiger partial charge in [-0.25, -0.2) is 4.39 Å². The molecule has 1 aromatic rings. The van der Waals surface area contributed by atoms with Crippen LogP contribution in [0.2, 0.25) is 0 Å². The van der Waals surface area contributed by atoms with Crippen LogP contribution in [0.15, 0.2) is 35.9 Å². The molecule has 42 heavy (non-hydrogen) atoms. The monoisotopic (exact) mass is 580 g/mol. The summed E-state index contributed by atoms with van der Waals surface area (Å²) in [7, 11) is 0. The van der Waals surface area contributed by atoms with Crippen LogP contribution in [-0.4, -0.2) is 28.4 Å². The Morgan fingerprint density at radius 3 is 2.26 bits per heavy atom. The Bertz CT molecular complexity index is 1270. The zero-order valence-corrected chi connectivity index (χ0v) is 26.9. The van der Waals surface area contributed by atoms with E-state index in [0.29, 0.717) is 18.3 Å². The molecule has 1 aromatic carbocycles. The molecule has 0 aliphatic heterocycles. The molecule has 0 radical (unpaired) electrons. The SMILES string of the molecule is CC1(C)CC[C@]2(C(=O)OCc3ccc(F)cc3)CC[C@]3(C)C(=CC[C@@H]4[C@@]5(C)C[C@@H](O)[C@H](O)C(C)(C)[C@@H]5CC[C@]43C)[C@@H]2C1. The van der Waals surface area contributed by atoms with Crippen molar-refractivity contribution in [3.8, 4) is 0 Å². The minimum absolute atomic E-state index is 0.0339. The Morgan fingerprint density at radius 1 is 0.905 bits per heavy atom. The Labute approximate surface area is 252 Å². The fraction of sp³-hybridized carbons (Fsp3) is 0.757. The molecule has 0 heterocycles.